The van der Waals surface area contributed by atoms with Crippen LogP contribution >= 0.6 is 15.9 Å². The zero-order chi connectivity index (χ0) is 12.4. The molecule has 0 fully saturated rings. The van der Waals surface area contributed by atoms with Gasteiger partial charge in [-0.3, -0.25) is 4.79 Å². The maximum atomic E-state index is 13.9. The summed E-state index contributed by atoms with van der Waals surface area (Å²) in [6.07, 6.45) is 0.711. The van der Waals surface area contributed by atoms with Crippen molar-refractivity contribution in [3.63, 3.8) is 0 Å². The number of hydrogen-bond donors (Lipinski definition) is 1. The quantitative estimate of drug-likeness (QED) is 0.848. The van der Waals surface area contributed by atoms with Crippen LogP contribution in [0.2, 0.25) is 0 Å². The Hall–Kier alpha value is -1.14. The van der Waals surface area contributed by atoms with Gasteiger partial charge in [-0.2, -0.15) is 0 Å². The third-order valence-corrected chi connectivity index (χ3v) is 3.11. The van der Waals surface area contributed by atoms with Gasteiger partial charge < -0.3 is 15.2 Å². The molecule has 1 aliphatic rings. The minimum absolute atomic E-state index is 0.0800. The molecular formula is C11H11BrFNO3. The summed E-state index contributed by atoms with van der Waals surface area (Å²) in [7, 11) is 0. The predicted molar refractivity (Wildman–Crippen MR) is 63.1 cm³/mol. The van der Waals surface area contributed by atoms with Crippen molar-refractivity contribution < 1.29 is 18.7 Å². The van der Waals surface area contributed by atoms with Crippen LogP contribution in [0.3, 0.4) is 0 Å². The first-order valence-corrected chi connectivity index (χ1v) is 5.95. The highest BCUT2D eigenvalue weighted by Gasteiger charge is 2.23. The average molecular weight is 304 g/mol. The van der Waals surface area contributed by atoms with Crippen molar-refractivity contribution in [1.82, 2.24) is 0 Å². The van der Waals surface area contributed by atoms with Crippen molar-refractivity contribution in [3.05, 3.63) is 21.9 Å². The van der Waals surface area contributed by atoms with Gasteiger partial charge in [-0.15, -0.1) is 0 Å². The van der Waals surface area contributed by atoms with E-state index in [1.54, 1.807) is 0 Å². The number of benzene rings is 1. The lowest BCUT2D eigenvalue weighted by Gasteiger charge is -2.12. The Kier molecular flexibility index (Phi) is 3.63. The molecule has 1 aromatic rings. The normalized spacial score (nSPS) is 14.3. The van der Waals surface area contributed by atoms with Crippen LogP contribution in [0.4, 0.5) is 4.39 Å². The molecule has 1 aliphatic heterocycles. The summed E-state index contributed by atoms with van der Waals surface area (Å²) in [5, 5.41) is 0. The van der Waals surface area contributed by atoms with Crippen LogP contribution in [-0.4, -0.2) is 25.5 Å². The third-order valence-electron chi connectivity index (χ3n) is 2.41. The lowest BCUT2D eigenvalue weighted by molar-refractivity contribution is 0.0997. The molecule has 0 aliphatic carbocycles. The smallest absolute Gasteiger partial charge is 0.179 e. The fourth-order valence-electron chi connectivity index (χ4n) is 1.56. The maximum absolute atomic E-state index is 13.9. The van der Waals surface area contributed by atoms with Crippen LogP contribution in [0.15, 0.2) is 10.5 Å². The Bertz CT molecular complexity index is 465. The van der Waals surface area contributed by atoms with Gasteiger partial charge in [0, 0.05) is 6.42 Å². The summed E-state index contributed by atoms with van der Waals surface area (Å²) in [4.78, 5) is 11.5. The molecule has 4 nitrogen and oxygen atoms in total. The number of nitrogens with two attached hydrogens (primary N) is 1. The third kappa shape index (κ3) is 2.28. The maximum Gasteiger partial charge on any atom is 0.179 e. The van der Waals surface area contributed by atoms with Crippen molar-refractivity contribution in [2.75, 3.05) is 19.8 Å². The van der Waals surface area contributed by atoms with Crippen molar-refractivity contribution in [2.24, 2.45) is 5.73 Å². The molecule has 0 aromatic heterocycles. The van der Waals surface area contributed by atoms with E-state index in [1.165, 1.54) is 6.07 Å². The number of rotatable bonds is 2. The number of carbonyl (C=O) groups excluding carboxylic acids is 1. The van der Waals surface area contributed by atoms with E-state index in [1.807, 2.05) is 0 Å². The molecule has 6 heteroatoms. The molecule has 0 unspecified atom stereocenters. The molecular weight excluding hydrogens is 293 g/mol. The van der Waals surface area contributed by atoms with Gasteiger partial charge >= 0.3 is 0 Å². The predicted octanol–water partition coefficient (Wildman–Crippen LogP) is 1.89. The Morgan fingerprint density at radius 2 is 2.18 bits per heavy atom. The molecule has 0 saturated heterocycles. The van der Waals surface area contributed by atoms with Gasteiger partial charge in [0.1, 0.15) is 0 Å². The van der Waals surface area contributed by atoms with E-state index >= 15 is 0 Å². The lowest BCUT2D eigenvalue weighted by atomic mass is 10.1. The van der Waals surface area contributed by atoms with Gasteiger partial charge in [0.2, 0.25) is 0 Å². The molecule has 0 saturated carbocycles. The van der Waals surface area contributed by atoms with Crippen LogP contribution in [0, 0.1) is 5.82 Å². The molecule has 92 valence electrons. The second-order valence-electron chi connectivity index (χ2n) is 3.56. The molecule has 0 bridgehead atoms. The van der Waals surface area contributed by atoms with E-state index in [-0.39, 0.29) is 16.6 Å². The zero-order valence-corrected chi connectivity index (χ0v) is 10.5. The van der Waals surface area contributed by atoms with Crippen LogP contribution in [0.25, 0.3) is 0 Å². The van der Waals surface area contributed by atoms with Gasteiger partial charge in [-0.05, 0) is 22.0 Å². The Morgan fingerprint density at radius 1 is 1.47 bits per heavy atom. The summed E-state index contributed by atoms with van der Waals surface area (Å²) in [5.74, 6) is -0.468. The minimum Gasteiger partial charge on any atom is -0.489 e. The van der Waals surface area contributed by atoms with Crippen LogP contribution in [0.5, 0.6) is 11.5 Å². The number of hydrogen-bond acceptors (Lipinski definition) is 4. The minimum atomic E-state index is -0.662. The number of ketones is 1. The molecule has 17 heavy (non-hydrogen) atoms. The lowest BCUT2D eigenvalue weighted by Crippen LogP contribution is -2.15. The van der Waals surface area contributed by atoms with E-state index < -0.39 is 11.6 Å². The van der Waals surface area contributed by atoms with Crippen LogP contribution in [0.1, 0.15) is 16.8 Å². The molecule has 0 radical (unpaired) electrons. The van der Waals surface area contributed by atoms with Gasteiger partial charge in [-0.25, -0.2) is 4.39 Å². The monoisotopic (exact) mass is 303 g/mol. The van der Waals surface area contributed by atoms with Gasteiger partial charge in [0.05, 0.1) is 29.8 Å². The molecule has 2 N–H and O–H groups in total. The van der Waals surface area contributed by atoms with E-state index in [9.17, 15) is 9.18 Å². The topological polar surface area (TPSA) is 61.6 Å². The van der Waals surface area contributed by atoms with Crippen molar-refractivity contribution in [2.45, 2.75) is 6.42 Å². The second kappa shape index (κ2) is 5.01. The first kappa shape index (κ1) is 12.3. The molecule has 1 aromatic carbocycles. The first-order valence-electron chi connectivity index (χ1n) is 5.16. The number of fused-ring (bicyclic) bond motifs is 1. The summed E-state index contributed by atoms with van der Waals surface area (Å²) < 4.78 is 24.8. The van der Waals surface area contributed by atoms with Crippen molar-refractivity contribution in [3.8, 4) is 11.5 Å². The molecule has 0 atom stereocenters. The highest BCUT2D eigenvalue weighted by molar-refractivity contribution is 9.10. The SMILES string of the molecule is NCC(=O)c1cc2c(c(Br)c1F)OCCCO2. The van der Waals surface area contributed by atoms with E-state index in [0.29, 0.717) is 31.1 Å². The van der Waals surface area contributed by atoms with E-state index in [4.69, 9.17) is 15.2 Å². The Morgan fingerprint density at radius 3 is 2.88 bits per heavy atom. The summed E-state index contributed by atoms with van der Waals surface area (Å²) in [6.45, 7) is 0.680. The fraction of sp³-hybridized carbons (Fsp3) is 0.364. The summed E-state index contributed by atoms with van der Waals surface area (Å²) in [6, 6.07) is 1.34. The van der Waals surface area contributed by atoms with E-state index in [0.717, 1.165) is 0 Å². The number of carbonyl (C=O) groups is 1. The molecule has 1 heterocycles. The molecule has 2 rings (SSSR count). The molecule has 0 amide bonds. The standard InChI is InChI=1S/C11H11BrFNO3/c12-9-10(13)6(7(15)5-14)4-8-11(9)17-3-1-2-16-8/h4H,1-3,5,14H2. The highest BCUT2D eigenvalue weighted by Crippen LogP contribution is 2.40. The number of ether oxygens (including phenoxy) is 2. The van der Waals surface area contributed by atoms with E-state index in [2.05, 4.69) is 15.9 Å². The summed E-state index contributed by atoms with van der Waals surface area (Å²) >= 11 is 3.08. The largest absolute Gasteiger partial charge is 0.489 e. The average Bonchev–Trinajstić information content (AvgIpc) is 2.58. The van der Waals surface area contributed by atoms with Crippen LogP contribution < -0.4 is 15.2 Å². The number of Topliss-reactive ketones (excluding diaryl/α,β-unsaturated/α-hetero) is 1. The highest BCUT2D eigenvalue weighted by atomic mass is 79.9. The molecule has 0 spiro atoms. The van der Waals surface area contributed by atoms with Gasteiger partial charge in [0.15, 0.2) is 23.1 Å². The zero-order valence-electron chi connectivity index (χ0n) is 8.96. The van der Waals surface area contributed by atoms with Crippen LogP contribution in [-0.2, 0) is 0 Å². The Balaban J connectivity index is 2.55. The fourth-order valence-corrected chi connectivity index (χ4v) is 2.08. The Labute approximate surface area is 106 Å². The first-order chi connectivity index (χ1) is 8.15. The number of halogens is 2. The van der Waals surface area contributed by atoms with Crippen molar-refractivity contribution >= 4 is 21.7 Å². The van der Waals surface area contributed by atoms with Gasteiger partial charge in [0.25, 0.3) is 0 Å². The van der Waals surface area contributed by atoms with Gasteiger partial charge in [-0.1, -0.05) is 0 Å². The van der Waals surface area contributed by atoms with Crippen molar-refractivity contribution in [1.29, 1.82) is 0 Å². The second-order valence-corrected chi connectivity index (χ2v) is 4.35. The summed E-state index contributed by atoms with van der Waals surface area (Å²) in [5.41, 5.74) is 5.15.